The highest BCUT2D eigenvalue weighted by Crippen LogP contribution is 2.18. The molecular formula is C17H27NO2. The first-order valence-electron chi connectivity index (χ1n) is 7.85. The molecule has 0 aliphatic carbocycles. The van der Waals surface area contributed by atoms with E-state index in [0.717, 1.165) is 45.6 Å². The molecule has 0 aromatic heterocycles. The Balaban J connectivity index is 1.90. The number of hydrogen-bond acceptors (Lipinski definition) is 3. The summed E-state index contributed by atoms with van der Waals surface area (Å²) in [6.07, 6.45) is 3.49. The van der Waals surface area contributed by atoms with Crippen LogP contribution in [0, 0.1) is 0 Å². The predicted octanol–water partition coefficient (Wildman–Crippen LogP) is 3.10. The summed E-state index contributed by atoms with van der Waals surface area (Å²) in [5.41, 5.74) is 2.70. The van der Waals surface area contributed by atoms with Gasteiger partial charge in [-0.1, -0.05) is 38.1 Å². The van der Waals surface area contributed by atoms with E-state index in [4.69, 9.17) is 9.47 Å². The Kier molecular flexibility index (Phi) is 6.51. The quantitative estimate of drug-likeness (QED) is 0.831. The van der Waals surface area contributed by atoms with Crippen molar-refractivity contribution in [2.75, 3.05) is 26.4 Å². The maximum Gasteiger partial charge on any atom is 0.0665 e. The van der Waals surface area contributed by atoms with Crippen molar-refractivity contribution in [3.8, 4) is 0 Å². The summed E-state index contributed by atoms with van der Waals surface area (Å²) >= 11 is 0. The highest BCUT2D eigenvalue weighted by atomic mass is 16.5. The molecule has 112 valence electrons. The third-order valence-electron chi connectivity index (χ3n) is 3.91. The van der Waals surface area contributed by atoms with Gasteiger partial charge in [0.25, 0.3) is 0 Å². The van der Waals surface area contributed by atoms with Gasteiger partial charge in [0.1, 0.15) is 0 Å². The third-order valence-corrected chi connectivity index (χ3v) is 3.91. The van der Waals surface area contributed by atoms with Gasteiger partial charge in [-0.25, -0.2) is 0 Å². The molecule has 1 aliphatic heterocycles. The zero-order chi connectivity index (χ0) is 14.2. The highest BCUT2D eigenvalue weighted by Gasteiger charge is 2.17. The lowest BCUT2D eigenvalue weighted by atomic mass is 10.0. The zero-order valence-electron chi connectivity index (χ0n) is 12.7. The molecule has 20 heavy (non-hydrogen) atoms. The Morgan fingerprint density at radius 1 is 1.20 bits per heavy atom. The average molecular weight is 277 g/mol. The maximum absolute atomic E-state index is 6.07. The van der Waals surface area contributed by atoms with E-state index in [1.54, 1.807) is 0 Å². The van der Waals surface area contributed by atoms with Gasteiger partial charge >= 0.3 is 0 Å². The molecule has 0 saturated carbocycles. The summed E-state index contributed by atoms with van der Waals surface area (Å²) in [4.78, 5) is 0. The van der Waals surface area contributed by atoms with Crippen LogP contribution in [-0.4, -0.2) is 32.5 Å². The Hall–Kier alpha value is -0.900. The number of likely N-dealkylation sites (N-methyl/N-ethyl adjacent to an activating group) is 1. The highest BCUT2D eigenvalue weighted by molar-refractivity contribution is 5.25. The Labute approximate surface area is 122 Å². The van der Waals surface area contributed by atoms with Gasteiger partial charge < -0.3 is 14.8 Å². The minimum atomic E-state index is 0.286. The van der Waals surface area contributed by atoms with Crippen LogP contribution >= 0.6 is 0 Å². The maximum atomic E-state index is 6.07. The number of hydrogen-bond donors (Lipinski definition) is 1. The fourth-order valence-electron chi connectivity index (χ4n) is 2.58. The van der Waals surface area contributed by atoms with Gasteiger partial charge in [0.05, 0.1) is 18.8 Å². The SMILES string of the molecule is CCNC(COC1CCOCC1)c1ccc(CC)cc1. The second-order valence-electron chi connectivity index (χ2n) is 5.35. The summed E-state index contributed by atoms with van der Waals surface area (Å²) in [6, 6.07) is 9.16. The van der Waals surface area contributed by atoms with Crippen LogP contribution in [0.4, 0.5) is 0 Å². The number of rotatable bonds is 7. The molecule has 1 unspecified atom stereocenters. The van der Waals surface area contributed by atoms with Crippen molar-refractivity contribution in [2.24, 2.45) is 0 Å². The molecule has 1 aromatic carbocycles. The molecule has 1 N–H and O–H groups in total. The first-order chi connectivity index (χ1) is 9.83. The molecule has 0 spiro atoms. The Morgan fingerprint density at radius 2 is 1.90 bits per heavy atom. The van der Waals surface area contributed by atoms with E-state index in [-0.39, 0.29) is 6.04 Å². The van der Waals surface area contributed by atoms with Crippen molar-refractivity contribution in [1.82, 2.24) is 5.32 Å². The molecule has 0 amide bonds. The van der Waals surface area contributed by atoms with Crippen molar-refractivity contribution in [3.63, 3.8) is 0 Å². The molecule has 1 saturated heterocycles. The largest absolute Gasteiger partial charge is 0.381 e. The number of benzene rings is 1. The summed E-state index contributed by atoms with van der Waals surface area (Å²) < 4.78 is 11.4. The average Bonchev–Trinajstić information content (AvgIpc) is 2.52. The van der Waals surface area contributed by atoms with E-state index in [1.807, 2.05) is 0 Å². The number of ether oxygens (including phenoxy) is 2. The number of aryl methyl sites for hydroxylation is 1. The first kappa shape index (κ1) is 15.5. The lowest BCUT2D eigenvalue weighted by Gasteiger charge is -2.26. The van der Waals surface area contributed by atoms with Gasteiger partial charge in [0, 0.05) is 13.2 Å². The van der Waals surface area contributed by atoms with Gasteiger partial charge in [-0.2, -0.15) is 0 Å². The Bertz CT molecular complexity index is 371. The van der Waals surface area contributed by atoms with Crippen LogP contribution in [0.2, 0.25) is 0 Å². The van der Waals surface area contributed by atoms with Crippen LogP contribution in [0.3, 0.4) is 0 Å². The van der Waals surface area contributed by atoms with Crippen LogP contribution in [0.25, 0.3) is 0 Å². The first-order valence-corrected chi connectivity index (χ1v) is 7.85. The van der Waals surface area contributed by atoms with E-state index in [1.165, 1.54) is 11.1 Å². The van der Waals surface area contributed by atoms with E-state index in [0.29, 0.717) is 6.10 Å². The second kappa shape index (κ2) is 8.40. The molecule has 1 fully saturated rings. The molecular weight excluding hydrogens is 250 g/mol. The van der Waals surface area contributed by atoms with E-state index >= 15 is 0 Å². The van der Waals surface area contributed by atoms with Crippen LogP contribution in [0.1, 0.15) is 43.9 Å². The lowest BCUT2D eigenvalue weighted by Crippen LogP contribution is -2.30. The van der Waals surface area contributed by atoms with Crippen molar-refractivity contribution in [3.05, 3.63) is 35.4 Å². The molecule has 1 aliphatic rings. The fraction of sp³-hybridized carbons (Fsp3) is 0.647. The molecule has 0 bridgehead atoms. The summed E-state index contributed by atoms with van der Waals surface area (Å²) in [7, 11) is 0. The van der Waals surface area contributed by atoms with Gasteiger partial charge in [0.2, 0.25) is 0 Å². The van der Waals surface area contributed by atoms with Gasteiger partial charge in [-0.15, -0.1) is 0 Å². The van der Waals surface area contributed by atoms with Crippen molar-refractivity contribution >= 4 is 0 Å². The van der Waals surface area contributed by atoms with Crippen LogP contribution < -0.4 is 5.32 Å². The summed E-state index contributed by atoms with van der Waals surface area (Å²) in [6.45, 7) is 7.69. The van der Waals surface area contributed by atoms with Crippen LogP contribution in [-0.2, 0) is 15.9 Å². The summed E-state index contributed by atoms with van der Waals surface area (Å²) in [5.74, 6) is 0. The molecule has 3 heteroatoms. The minimum Gasteiger partial charge on any atom is -0.381 e. The number of nitrogens with one attached hydrogen (secondary N) is 1. The standard InChI is InChI=1S/C17H27NO2/c1-3-14-5-7-15(8-6-14)17(18-4-2)13-20-16-9-11-19-12-10-16/h5-8,16-18H,3-4,9-13H2,1-2H3. The monoisotopic (exact) mass is 277 g/mol. The lowest BCUT2D eigenvalue weighted by molar-refractivity contribution is -0.0382. The minimum absolute atomic E-state index is 0.286. The molecule has 1 atom stereocenters. The Morgan fingerprint density at radius 3 is 2.50 bits per heavy atom. The van der Waals surface area contributed by atoms with Crippen LogP contribution in [0.15, 0.2) is 24.3 Å². The smallest absolute Gasteiger partial charge is 0.0665 e. The molecule has 0 radical (unpaired) electrons. The van der Waals surface area contributed by atoms with Crippen molar-refractivity contribution < 1.29 is 9.47 Å². The molecule has 1 heterocycles. The van der Waals surface area contributed by atoms with Gasteiger partial charge in [0.15, 0.2) is 0 Å². The molecule has 2 rings (SSSR count). The molecule has 1 aromatic rings. The normalized spacial score (nSPS) is 18.1. The van der Waals surface area contributed by atoms with Gasteiger partial charge in [-0.05, 0) is 36.9 Å². The van der Waals surface area contributed by atoms with Crippen LogP contribution in [0.5, 0.6) is 0 Å². The van der Waals surface area contributed by atoms with Crippen molar-refractivity contribution in [2.45, 2.75) is 45.3 Å². The van der Waals surface area contributed by atoms with E-state index in [9.17, 15) is 0 Å². The third kappa shape index (κ3) is 4.58. The van der Waals surface area contributed by atoms with Crippen molar-refractivity contribution in [1.29, 1.82) is 0 Å². The topological polar surface area (TPSA) is 30.5 Å². The zero-order valence-corrected chi connectivity index (χ0v) is 12.7. The second-order valence-corrected chi connectivity index (χ2v) is 5.35. The molecule has 3 nitrogen and oxygen atoms in total. The van der Waals surface area contributed by atoms with E-state index < -0.39 is 0 Å². The predicted molar refractivity (Wildman–Crippen MR) is 82.0 cm³/mol. The fourth-order valence-corrected chi connectivity index (χ4v) is 2.58. The van der Waals surface area contributed by atoms with Gasteiger partial charge in [-0.3, -0.25) is 0 Å². The van der Waals surface area contributed by atoms with E-state index in [2.05, 4.69) is 43.4 Å². The summed E-state index contributed by atoms with van der Waals surface area (Å²) in [5, 5.41) is 3.52.